The summed E-state index contributed by atoms with van der Waals surface area (Å²) in [7, 11) is 0. The third-order valence-electron chi connectivity index (χ3n) is 2.79. The Hall–Kier alpha value is 0.200. The maximum absolute atomic E-state index is 11.5. The molecule has 0 aromatic carbocycles. The third-order valence-corrected chi connectivity index (χ3v) is 4.29. The minimum atomic E-state index is -0.0289. The molecule has 0 radical (unpaired) electrons. The Morgan fingerprint density at radius 3 is 2.29 bits per heavy atom. The monoisotopic (exact) mass is 354 g/mol. The largest absolute Gasteiger partial charge is 0.465 e. The van der Waals surface area contributed by atoms with Crippen LogP contribution in [0, 0.1) is 17.8 Å². The molecule has 3 heteroatoms. The van der Waals surface area contributed by atoms with Gasteiger partial charge in [-0.1, -0.05) is 69.5 Å². The van der Waals surface area contributed by atoms with Gasteiger partial charge in [0.15, 0.2) is 0 Å². The SMILES string of the molecule is CC(C)CCC[C@@H](C)CC(=O)OC[C@H](C)CI. The highest BCUT2D eigenvalue weighted by molar-refractivity contribution is 14.1. The van der Waals surface area contributed by atoms with Crippen molar-refractivity contribution in [2.45, 2.75) is 53.4 Å². The molecule has 0 unspecified atom stereocenters. The molecule has 0 saturated carbocycles. The van der Waals surface area contributed by atoms with Crippen molar-refractivity contribution in [2.24, 2.45) is 17.8 Å². The molecule has 17 heavy (non-hydrogen) atoms. The van der Waals surface area contributed by atoms with E-state index in [1.165, 1.54) is 12.8 Å². The van der Waals surface area contributed by atoms with Crippen molar-refractivity contribution in [3.8, 4) is 0 Å². The van der Waals surface area contributed by atoms with Gasteiger partial charge < -0.3 is 4.74 Å². The van der Waals surface area contributed by atoms with Gasteiger partial charge in [-0.05, 0) is 17.8 Å². The average Bonchev–Trinajstić information content (AvgIpc) is 2.25. The predicted molar refractivity (Wildman–Crippen MR) is 81.5 cm³/mol. The number of carbonyl (C=O) groups excluding carboxylic acids is 1. The zero-order chi connectivity index (χ0) is 13.3. The summed E-state index contributed by atoms with van der Waals surface area (Å²) in [6.45, 7) is 9.30. The lowest BCUT2D eigenvalue weighted by atomic mass is 9.97. The molecule has 102 valence electrons. The van der Waals surface area contributed by atoms with Crippen LogP contribution in [0.4, 0.5) is 0 Å². The maximum atomic E-state index is 11.5. The molecule has 0 saturated heterocycles. The summed E-state index contributed by atoms with van der Waals surface area (Å²) >= 11 is 2.32. The molecule has 0 aliphatic rings. The lowest BCUT2D eigenvalue weighted by Gasteiger charge is -2.13. The number of halogens is 1. The van der Waals surface area contributed by atoms with Crippen molar-refractivity contribution in [1.29, 1.82) is 0 Å². The maximum Gasteiger partial charge on any atom is 0.306 e. The van der Waals surface area contributed by atoms with Gasteiger partial charge in [-0.25, -0.2) is 0 Å². The van der Waals surface area contributed by atoms with E-state index < -0.39 is 0 Å². The molecule has 2 atom stereocenters. The highest BCUT2D eigenvalue weighted by Crippen LogP contribution is 2.16. The summed E-state index contributed by atoms with van der Waals surface area (Å²) in [5.41, 5.74) is 0. The second-order valence-corrected chi connectivity index (χ2v) is 6.46. The van der Waals surface area contributed by atoms with E-state index in [4.69, 9.17) is 4.74 Å². The molecule has 0 rings (SSSR count). The first-order valence-electron chi connectivity index (χ1n) is 6.67. The van der Waals surface area contributed by atoms with Crippen LogP contribution < -0.4 is 0 Å². The normalized spacial score (nSPS) is 14.7. The van der Waals surface area contributed by atoms with Gasteiger partial charge in [0, 0.05) is 10.8 Å². The van der Waals surface area contributed by atoms with Gasteiger partial charge >= 0.3 is 5.97 Å². The van der Waals surface area contributed by atoms with Crippen molar-refractivity contribution in [3.63, 3.8) is 0 Å². The lowest BCUT2D eigenvalue weighted by molar-refractivity contribution is -0.145. The highest BCUT2D eigenvalue weighted by atomic mass is 127. The summed E-state index contributed by atoms with van der Waals surface area (Å²) in [4.78, 5) is 11.5. The Balaban J connectivity index is 3.58. The molecular weight excluding hydrogens is 327 g/mol. The fraction of sp³-hybridized carbons (Fsp3) is 0.929. The summed E-state index contributed by atoms with van der Waals surface area (Å²) in [6.07, 6.45) is 4.18. The van der Waals surface area contributed by atoms with E-state index in [9.17, 15) is 4.79 Å². The van der Waals surface area contributed by atoms with Crippen LogP contribution in [0.3, 0.4) is 0 Å². The number of rotatable bonds is 9. The van der Waals surface area contributed by atoms with E-state index in [-0.39, 0.29) is 5.97 Å². The molecule has 0 aromatic heterocycles. The minimum Gasteiger partial charge on any atom is -0.465 e. The highest BCUT2D eigenvalue weighted by Gasteiger charge is 2.11. The van der Waals surface area contributed by atoms with Crippen LogP contribution in [0.1, 0.15) is 53.4 Å². The first-order valence-corrected chi connectivity index (χ1v) is 8.19. The molecule has 0 bridgehead atoms. The van der Waals surface area contributed by atoms with Crippen LogP contribution in [0.25, 0.3) is 0 Å². The molecule has 0 aliphatic heterocycles. The quantitative estimate of drug-likeness (QED) is 0.347. The molecule has 2 nitrogen and oxygen atoms in total. The summed E-state index contributed by atoms with van der Waals surface area (Å²) in [5, 5.41) is 0. The van der Waals surface area contributed by atoms with E-state index >= 15 is 0 Å². The Morgan fingerprint density at radius 2 is 1.76 bits per heavy atom. The van der Waals surface area contributed by atoms with Crippen molar-refractivity contribution < 1.29 is 9.53 Å². The fourth-order valence-corrected chi connectivity index (χ4v) is 1.85. The van der Waals surface area contributed by atoms with E-state index in [1.807, 2.05) is 0 Å². The minimum absolute atomic E-state index is 0.0289. The Bertz CT molecular complexity index is 204. The van der Waals surface area contributed by atoms with Gasteiger partial charge in [-0.15, -0.1) is 0 Å². The molecule has 0 N–H and O–H groups in total. The van der Waals surface area contributed by atoms with E-state index in [2.05, 4.69) is 50.3 Å². The predicted octanol–water partition coefficient (Wildman–Crippen LogP) is 4.45. The van der Waals surface area contributed by atoms with E-state index in [0.29, 0.717) is 24.9 Å². The van der Waals surface area contributed by atoms with Gasteiger partial charge in [-0.3, -0.25) is 4.79 Å². The second kappa shape index (κ2) is 10.2. The number of ether oxygens (including phenoxy) is 1. The van der Waals surface area contributed by atoms with Crippen molar-refractivity contribution >= 4 is 28.6 Å². The standard InChI is InChI=1S/C14H27IO2/c1-11(2)6-5-7-12(3)8-14(16)17-10-13(4)9-15/h11-13H,5-10H2,1-4H3/t12-,13-/m1/s1. The Kier molecular flexibility index (Phi) is 10.3. The van der Waals surface area contributed by atoms with E-state index in [0.717, 1.165) is 16.8 Å². The van der Waals surface area contributed by atoms with Crippen LogP contribution in [-0.2, 0) is 9.53 Å². The first-order chi connectivity index (χ1) is 7.95. The van der Waals surface area contributed by atoms with Crippen molar-refractivity contribution in [3.05, 3.63) is 0 Å². The van der Waals surface area contributed by atoms with Crippen LogP contribution >= 0.6 is 22.6 Å². The molecule has 0 spiro atoms. The van der Waals surface area contributed by atoms with Crippen molar-refractivity contribution in [2.75, 3.05) is 11.0 Å². The summed E-state index contributed by atoms with van der Waals surface area (Å²) in [6, 6.07) is 0. The average molecular weight is 354 g/mol. The number of hydrogen-bond donors (Lipinski definition) is 0. The number of esters is 1. The van der Waals surface area contributed by atoms with E-state index in [1.54, 1.807) is 0 Å². The zero-order valence-electron chi connectivity index (χ0n) is 11.7. The third kappa shape index (κ3) is 11.0. The summed E-state index contributed by atoms with van der Waals surface area (Å²) in [5.74, 6) is 1.66. The molecule has 0 aromatic rings. The molecule has 0 amide bonds. The molecule has 0 fully saturated rings. The molecule has 0 heterocycles. The van der Waals surface area contributed by atoms with Crippen molar-refractivity contribution in [1.82, 2.24) is 0 Å². The first kappa shape index (κ1) is 17.2. The van der Waals surface area contributed by atoms with Gasteiger partial charge in [0.25, 0.3) is 0 Å². The zero-order valence-corrected chi connectivity index (χ0v) is 13.8. The van der Waals surface area contributed by atoms with Gasteiger partial charge in [0.05, 0.1) is 6.61 Å². The van der Waals surface area contributed by atoms with Crippen LogP contribution in [0.2, 0.25) is 0 Å². The smallest absolute Gasteiger partial charge is 0.306 e. The molecular formula is C14H27IO2. The van der Waals surface area contributed by atoms with Crippen LogP contribution in [0.15, 0.2) is 0 Å². The fourth-order valence-electron chi connectivity index (χ4n) is 1.60. The second-order valence-electron chi connectivity index (χ2n) is 5.58. The van der Waals surface area contributed by atoms with Crippen LogP contribution in [-0.4, -0.2) is 17.0 Å². The molecule has 0 aliphatic carbocycles. The summed E-state index contributed by atoms with van der Waals surface area (Å²) < 4.78 is 6.29. The van der Waals surface area contributed by atoms with Gasteiger partial charge in [0.2, 0.25) is 0 Å². The lowest BCUT2D eigenvalue weighted by Crippen LogP contribution is -2.15. The number of hydrogen-bond acceptors (Lipinski definition) is 2. The Morgan fingerprint density at radius 1 is 1.12 bits per heavy atom. The topological polar surface area (TPSA) is 26.3 Å². The van der Waals surface area contributed by atoms with Crippen LogP contribution in [0.5, 0.6) is 0 Å². The van der Waals surface area contributed by atoms with Gasteiger partial charge in [0.1, 0.15) is 0 Å². The number of carbonyl (C=O) groups is 1. The van der Waals surface area contributed by atoms with Gasteiger partial charge in [-0.2, -0.15) is 0 Å². The Labute approximate surface area is 120 Å². The number of alkyl halides is 1.